The first-order chi connectivity index (χ1) is 20.2. The van der Waals surface area contributed by atoms with E-state index in [1.807, 2.05) is 19.1 Å². The van der Waals surface area contributed by atoms with Crippen LogP contribution in [-0.2, 0) is 14.4 Å². The molecule has 1 aliphatic rings. The van der Waals surface area contributed by atoms with Crippen LogP contribution < -0.4 is 19.9 Å². The van der Waals surface area contributed by atoms with Crippen LogP contribution in [0.15, 0.2) is 112 Å². The van der Waals surface area contributed by atoms with Crippen molar-refractivity contribution >= 4 is 78.8 Å². The molecule has 5 amide bonds. The molecule has 5 rings (SSSR count). The van der Waals surface area contributed by atoms with Crippen molar-refractivity contribution in [1.29, 1.82) is 0 Å². The number of imide groups is 2. The van der Waals surface area contributed by atoms with Gasteiger partial charge in [0.1, 0.15) is 11.3 Å². The average molecular weight is 689 g/mol. The quantitative estimate of drug-likeness (QED) is 0.165. The highest BCUT2D eigenvalue weighted by Crippen LogP contribution is 2.36. The van der Waals surface area contributed by atoms with Gasteiger partial charge >= 0.3 is 6.03 Å². The minimum atomic E-state index is -0.769. The van der Waals surface area contributed by atoms with Crippen LogP contribution in [0.2, 0.25) is 0 Å². The fourth-order valence-corrected chi connectivity index (χ4v) is 5.73. The Balaban J connectivity index is 1.43. The van der Waals surface area contributed by atoms with E-state index in [1.165, 1.54) is 6.08 Å². The van der Waals surface area contributed by atoms with E-state index < -0.39 is 17.8 Å². The number of carbonyl (C=O) groups excluding carboxylic acids is 4. The number of halogens is 2. The summed E-state index contributed by atoms with van der Waals surface area (Å²) in [5, 5.41) is 2.78. The van der Waals surface area contributed by atoms with Crippen molar-refractivity contribution in [2.24, 2.45) is 0 Å². The first-order valence-corrected chi connectivity index (χ1v) is 14.3. The zero-order valence-corrected chi connectivity index (χ0v) is 25.4. The average Bonchev–Trinajstić information content (AvgIpc) is 2.97. The standard InChI is InChI=1S/C32H23Br2N3O5/c1-20-12-14-22(15-13-20)35-28(38)19-42-29-26(33)17-21(18-27(29)34)16-25-30(39)36(23-8-4-2-5-9-23)32(41)37(31(25)40)24-10-6-3-7-11-24/h2-18H,19H2,1H3,(H,35,38). The number of urea groups is 1. The molecule has 0 saturated carbocycles. The maximum Gasteiger partial charge on any atom is 0.343 e. The van der Waals surface area contributed by atoms with Gasteiger partial charge in [-0.05, 0) is 99.0 Å². The van der Waals surface area contributed by atoms with Gasteiger partial charge in [-0.1, -0.05) is 54.1 Å². The summed E-state index contributed by atoms with van der Waals surface area (Å²) in [6, 6.07) is 26.8. The summed E-state index contributed by atoms with van der Waals surface area (Å²) in [4.78, 5) is 55.1. The minimum Gasteiger partial charge on any atom is -0.481 e. The highest BCUT2D eigenvalue weighted by molar-refractivity contribution is 9.11. The zero-order valence-electron chi connectivity index (χ0n) is 22.2. The predicted octanol–water partition coefficient (Wildman–Crippen LogP) is 7.12. The Labute approximate surface area is 258 Å². The first kappa shape index (κ1) is 29.0. The van der Waals surface area contributed by atoms with Gasteiger partial charge in [-0.2, -0.15) is 0 Å². The molecule has 1 N–H and O–H groups in total. The van der Waals surface area contributed by atoms with Crippen molar-refractivity contribution in [3.63, 3.8) is 0 Å². The van der Waals surface area contributed by atoms with E-state index in [4.69, 9.17) is 4.74 Å². The summed E-state index contributed by atoms with van der Waals surface area (Å²) >= 11 is 6.93. The molecule has 0 radical (unpaired) electrons. The van der Waals surface area contributed by atoms with Crippen LogP contribution in [0.3, 0.4) is 0 Å². The van der Waals surface area contributed by atoms with E-state index in [-0.39, 0.29) is 18.1 Å². The van der Waals surface area contributed by atoms with Gasteiger partial charge in [0.15, 0.2) is 6.61 Å². The number of ether oxygens (including phenoxy) is 1. The van der Waals surface area contributed by atoms with Gasteiger partial charge in [0.2, 0.25) is 0 Å². The number of carbonyl (C=O) groups is 4. The Morgan fingerprint density at radius 1 is 0.786 bits per heavy atom. The number of barbiturate groups is 1. The molecule has 1 heterocycles. The molecule has 1 saturated heterocycles. The largest absolute Gasteiger partial charge is 0.481 e. The number of aryl methyl sites for hydroxylation is 1. The Hall–Kier alpha value is -4.54. The lowest BCUT2D eigenvalue weighted by molar-refractivity contribution is -0.121. The van der Waals surface area contributed by atoms with Gasteiger partial charge in [0.25, 0.3) is 17.7 Å². The molecule has 210 valence electrons. The van der Waals surface area contributed by atoms with Gasteiger partial charge in [0, 0.05) is 5.69 Å². The van der Waals surface area contributed by atoms with Gasteiger partial charge in [-0.25, -0.2) is 14.6 Å². The molecular formula is C32H23Br2N3O5. The van der Waals surface area contributed by atoms with Crippen molar-refractivity contribution < 1.29 is 23.9 Å². The van der Waals surface area contributed by atoms with Crippen LogP contribution in [-0.4, -0.2) is 30.4 Å². The molecule has 0 spiro atoms. The van der Waals surface area contributed by atoms with Gasteiger partial charge in [-0.3, -0.25) is 14.4 Å². The summed E-state index contributed by atoms with van der Waals surface area (Å²) in [6.07, 6.45) is 1.42. The molecule has 8 nitrogen and oxygen atoms in total. The lowest BCUT2D eigenvalue weighted by Crippen LogP contribution is -2.57. The van der Waals surface area contributed by atoms with E-state index in [2.05, 4.69) is 37.2 Å². The fourth-order valence-electron chi connectivity index (χ4n) is 4.28. The topological polar surface area (TPSA) is 96.0 Å². The predicted molar refractivity (Wildman–Crippen MR) is 168 cm³/mol. The molecule has 1 aliphatic heterocycles. The Morgan fingerprint density at radius 2 is 1.29 bits per heavy atom. The third-order valence-corrected chi connectivity index (χ3v) is 7.47. The molecule has 0 bridgehead atoms. The van der Waals surface area contributed by atoms with Crippen LogP contribution in [0.4, 0.5) is 21.9 Å². The van der Waals surface area contributed by atoms with E-state index >= 15 is 0 Å². The second-order valence-electron chi connectivity index (χ2n) is 9.31. The number of amides is 5. The third-order valence-electron chi connectivity index (χ3n) is 6.29. The summed E-state index contributed by atoms with van der Waals surface area (Å²) in [6.45, 7) is 1.71. The van der Waals surface area contributed by atoms with Gasteiger partial charge < -0.3 is 10.1 Å². The molecule has 10 heteroatoms. The van der Waals surface area contributed by atoms with E-state index in [9.17, 15) is 19.2 Å². The number of rotatable bonds is 7. The Morgan fingerprint density at radius 3 is 1.79 bits per heavy atom. The maximum atomic E-state index is 13.6. The lowest BCUT2D eigenvalue weighted by Gasteiger charge is -2.34. The maximum absolute atomic E-state index is 13.6. The molecule has 42 heavy (non-hydrogen) atoms. The number of benzene rings is 4. The van der Waals surface area contributed by atoms with Crippen molar-refractivity contribution in [2.75, 3.05) is 21.7 Å². The molecular weight excluding hydrogens is 666 g/mol. The smallest absolute Gasteiger partial charge is 0.343 e. The van der Waals surface area contributed by atoms with Crippen molar-refractivity contribution in [3.8, 4) is 5.75 Å². The Bertz CT molecular complexity index is 1620. The van der Waals surface area contributed by atoms with Crippen molar-refractivity contribution in [1.82, 2.24) is 0 Å². The van der Waals surface area contributed by atoms with Crippen LogP contribution in [0, 0.1) is 6.92 Å². The molecule has 0 aromatic heterocycles. The summed E-state index contributed by atoms with van der Waals surface area (Å²) in [5.41, 5.74) is 2.69. The zero-order chi connectivity index (χ0) is 29.8. The summed E-state index contributed by atoms with van der Waals surface area (Å²) < 4.78 is 6.72. The second-order valence-corrected chi connectivity index (χ2v) is 11.0. The number of nitrogens with zero attached hydrogens (tertiary/aromatic N) is 2. The SMILES string of the molecule is Cc1ccc(NC(=O)COc2c(Br)cc(C=C3C(=O)N(c4ccccc4)C(=O)N(c4ccccc4)C3=O)cc2Br)cc1. The van der Waals surface area contributed by atoms with Crippen molar-refractivity contribution in [2.45, 2.75) is 6.92 Å². The van der Waals surface area contributed by atoms with Crippen LogP contribution in [0.25, 0.3) is 6.08 Å². The normalized spacial score (nSPS) is 13.3. The monoisotopic (exact) mass is 687 g/mol. The third kappa shape index (κ3) is 6.19. The molecule has 0 atom stereocenters. The number of hydrogen-bond acceptors (Lipinski definition) is 5. The van der Waals surface area contributed by atoms with E-state index in [0.717, 1.165) is 15.4 Å². The molecule has 0 unspecified atom stereocenters. The number of nitrogens with one attached hydrogen (secondary N) is 1. The number of hydrogen-bond donors (Lipinski definition) is 1. The highest BCUT2D eigenvalue weighted by Gasteiger charge is 2.43. The lowest BCUT2D eigenvalue weighted by atomic mass is 10.0. The van der Waals surface area contributed by atoms with Crippen LogP contribution in [0.5, 0.6) is 5.75 Å². The van der Waals surface area contributed by atoms with Crippen LogP contribution in [0.1, 0.15) is 11.1 Å². The number of para-hydroxylation sites is 2. The summed E-state index contributed by atoms with van der Waals surface area (Å²) in [5.74, 6) is -1.47. The second kappa shape index (κ2) is 12.5. The van der Waals surface area contributed by atoms with Crippen LogP contribution >= 0.6 is 31.9 Å². The molecule has 0 aliphatic carbocycles. The molecule has 4 aromatic carbocycles. The van der Waals surface area contributed by atoms with Gasteiger partial charge in [-0.15, -0.1) is 0 Å². The van der Waals surface area contributed by atoms with E-state index in [1.54, 1.807) is 84.9 Å². The molecule has 1 fully saturated rings. The van der Waals surface area contributed by atoms with Gasteiger partial charge in [0.05, 0.1) is 20.3 Å². The highest BCUT2D eigenvalue weighted by atomic mass is 79.9. The van der Waals surface area contributed by atoms with Crippen molar-refractivity contribution in [3.05, 3.63) is 123 Å². The van der Waals surface area contributed by atoms with E-state index in [0.29, 0.717) is 37.3 Å². The Kier molecular flexibility index (Phi) is 8.65. The first-order valence-electron chi connectivity index (χ1n) is 12.8. The number of anilines is 3. The summed E-state index contributed by atoms with van der Waals surface area (Å²) in [7, 11) is 0. The fraction of sp³-hybridized carbons (Fsp3) is 0.0625. The molecule has 4 aromatic rings. The minimum absolute atomic E-state index is 0.202.